The molecule has 1 amide bonds. The van der Waals surface area contributed by atoms with Crippen LogP contribution in [0.3, 0.4) is 0 Å². The van der Waals surface area contributed by atoms with E-state index in [4.69, 9.17) is 5.11 Å². The summed E-state index contributed by atoms with van der Waals surface area (Å²) in [5, 5.41) is 8.85. The zero-order valence-electron chi connectivity index (χ0n) is 10.3. The molecule has 1 N–H and O–H groups in total. The Kier molecular flexibility index (Phi) is 5.27. The fraction of sp³-hybridized carbons (Fsp3) is 0.417. The zero-order chi connectivity index (χ0) is 13.7. The molecule has 0 fully saturated rings. The Morgan fingerprint density at radius 1 is 1.50 bits per heavy atom. The summed E-state index contributed by atoms with van der Waals surface area (Å²) in [5.41, 5.74) is 0.389. The van der Waals surface area contributed by atoms with Gasteiger partial charge in [-0.2, -0.15) is 0 Å². The second-order valence-electron chi connectivity index (χ2n) is 3.95. The summed E-state index contributed by atoms with van der Waals surface area (Å²) >= 11 is 3.18. The van der Waals surface area contributed by atoms with Gasteiger partial charge in [0, 0.05) is 12.2 Å². The number of aliphatic carboxylic acids is 1. The largest absolute Gasteiger partial charge is 0.480 e. The Morgan fingerprint density at radius 2 is 2.17 bits per heavy atom. The number of hydrogen-bond acceptors (Lipinski definition) is 3. The van der Waals surface area contributed by atoms with Crippen LogP contribution in [0.15, 0.2) is 22.9 Å². The van der Waals surface area contributed by atoms with E-state index in [1.54, 1.807) is 12.1 Å². The van der Waals surface area contributed by atoms with Crippen LogP contribution in [-0.2, 0) is 4.79 Å². The van der Waals surface area contributed by atoms with Crippen LogP contribution in [0.1, 0.15) is 30.6 Å². The van der Waals surface area contributed by atoms with Gasteiger partial charge in [-0.05, 0) is 41.4 Å². The van der Waals surface area contributed by atoms with Gasteiger partial charge in [0.2, 0.25) is 0 Å². The molecule has 0 saturated heterocycles. The SMILES string of the molecule is CCC(C)N(CC(=O)O)C(=O)c1ccc(Br)nc1. The Labute approximate surface area is 114 Å². The van der Waals surface area contributed by atoms with Crippen molar-refractivity contribution in [2.24, 2.45) is 0 Å². The molecule has 5 nitrogen and oxygen atoms in total. The van der Waals surface area contributed by atoms with Gasteiger partial charge in [0.05, 0.1) is 5.56 Å². The molecule has 1 heterocycles. The molecule has 0 saturated carbocycles. The lowest BCUT2D eigenvalue weighted by atomic mass is 10.1. The van der Waals surface area contributed by atoms with Gasteiger partial charge in [0.25, 0.3) is 5.91 Å². The van der Waals surface area contributed by atoms with Gasteiger partial charge < -0.3 is 10.0 Å². The Bertz CT molecular complexity index is 433. The molecule has 6 heteroatoms. The van der Waals surface area contributed by atoms with Crippen molar-refractivity contribution in [2.45, 2.75) is 26.3 Å². The molecule has 0 aromatic carbocycles. The molecule has 0 spiro atoms. The van der Waals surface area contributed by atoms with Crippen LogP contribution in [0, 0.1) is 0 Å². The molecule has 1 aromatic heterocycles. The molecule has 1 atom stereocenters. The Morgan fingerprint density at radius 3 is 2.61 bits per heavy atom. The van der Waals surface area contributed by atoms with E-state index in [1.807, 2.05) is 13.8 Å². The average molecular weight is 315 g/mol. The van der Waals surface area contributed by atoms with Crippen molar-refractivity contribution in [3.8, 4) is 0 Å². The van der Waals surface area contributed by atoms with Crippen LogP contribution >= 0.6 is 15.9 Å². The zero-order valence-corrected chi connectivity index (χ0v) is 11.8. The van der Waals surface area contributed by atoms with Crippen LogP contribution in [0.5, 0.6) is 0 Å². The number of halogens is 1. The number of carbonyl (C=O) groups excluding carboxylic acids is 1. The van der Waals surface area contributed by atoms with Gasteiger partial charge >= 0.3 is 5.97 Å². The van der Waals surface area contributed by atoms with Crippen molar-refractivity contribution in [2.75, 3.05) is 6.54 Å². The molecule has 1 rings (SSSR count). The monoisotopic (exact) mass is 314 g/mol. The molecule has 18 heavy (non-hydrogen) atoms. The molecule has 0 bridgehead atoms. The minimum atomic E-state index is -1.02. The van der Waals surface area contributed by atoms with E-state index in [-0.39, 0.29) is 18.5 Å². The number of carboxylic acid groups (broad SMARTS) is 1. The number of amides is 1. The summed E-state index contributed by atoms with van der Waals surface area (Å²) in [7, 11) is 0. The standard InChI is InChI=1S/C12H15BrN2O3/c1-3-8(2)15(7-11(16)17)12(18)9-4-5-10(13)14-6-9/h4-6,8H,3,7H2,1-2H3,(H,16,17). The summed E-state index contributed by atoms with van der Waals surface area (Å²) in [4.78, 5) is 28.3. The molecule has 0 aliphatic heterocycles. The van der Waals surface area contributed by atoms with Gasteiger partial charge in [-0.1, -0.05) is 6.92 Å². The number of carbonyl (C=O) groups is 2. The van der Waals surface area contributed by atoms with Crippen molar-refractivity contribution in [3.05, 3.63) is 28.5 Å². The smallest absolute Gasteiger partial charge is 0.323 e. The van der Waals surface area contributed by atoms with Crippen molar-refractivity contribution < 1.29 is 14.7 Å². The summed E-state index contributed by atoms with van der Waals surface area (Å²) in [6.45, 7) is 3.43. The summed E-state index contributed by atoms with van der Waals surface area (Å²) < 4.78 is 0.632. The van der Waals surface area contributed by atoms with Crippen molar-refractivity contribution in [3.63, 3.8) is 0 Å². The molecule has 0 aliphatic carbocycles. The third kappa shape index (κ3) is 3.80. The maximum Gasteiger partial charge on any atom is 0.323 e. The van der Waals surface area contributed by atoms with E-state index in [9.17, 15) is 9.59 Å². The number of aromatic nitrogens is 1. The van der Waals surface area contributed by atoms with E-state index < -0.39 is 5.97 Å². The highest BCUT2D eigenvalue weighted by atomic mass is 79.9. The van der Waals surface area contributed by atoms with E-state index in [1.165, 1.54) is 11.1 Å². The van der Waals surface area contributed by atoms with E-state index in [2.05, 4.69) is 20.9 Å². The normalized spacial score (nSPS) is 11.9. The third-order valence-corrected chi connectivity index (χ3v) is 3.13. The number of hydrogen-bond donors (Lipinski definition) is 1. The molecule has 0 aliphatic rings. The number of pyridine rings is 1. The van der Waals surface area contributed by atoms with Crippen molar-refractivity contribution in [1.29, 1.82) is 0 Å². The minimum Gasteiger partial charge on any atom is -0.480 e. The fourth-order valence-corrected chi connectivity index (χ4v) is 1.70. The third-order valence-electron chi connectivity index (χ3n) is 2.66. The van der Waals surface area contributed by atoms with Crippen LogP contribution in [0.4, 0.5) is 0 Å². The maximum absolute atomic E-state index is 12.2. The van der Waals surface area contributed by atoms with E-state index >= 15 is 0 Å². The van der Waals surface area contributed by atoms with Crippen molar-refractivity contribution >= 4 is 27.8 Å². The quantitative estimate of drug-likeness (QED) is 0.846. The van der Waals surface area contributed by atoms with Crippen LogP contribution in [-0.4, -0.2) is 39.5 Å². The topological polar surface area (TPSA) is 70.5 Å². The van der Waals surface area contributed by atoms with Crippen LogP contribution in [0.25, 0.3) is 0 Å². The fourth-order valence-electron chi connectivity index (χ4n) is 1.46. The van der Waals surface area contributed by atoms with Gasteiger partial charge in [0.15, 0.2) is 0 Å². The molecule has 1 aromatic rings. The first-order valence-electron chi connectivity index (χ1n) is 5.60. The molecular weight excluding hydrogens is 300 g/mol. The first-order chi connectivity index (χ1) is 8.45. The Hall–Kier alpha value is -1.43. The average Bonchev–Trinajstić information content (AvgIpc) is 2.35. The predicted molar refractivity (Wildman–Crippen MR) is 70.4 cm³/mol. The lowest BCUT2D eigenvalue weighted by Crippen LogP contribution is -2.41. The number of nitrogens with zero attached hydrogens (tertiary/aromatic N) is 2. The number of carboxylic acids is 1. The summed E-state index contributed by atoms with van der Waals surface area (Å²) in [6.07, 6.45) is 2.13. The van der Waals surface area contributed by atoms with Gasteiger partial charge in [-0.25, -0.2) is 4.98 Å². The van der Waals surface area contributed by atoms with Crippen LogP contribution < -0.4 is 0 Å². The van der Waals surface area contributed by atoms with Gasteiger partial charge in [-0.15, -0.1) is 0 Å². The lowest BCUT2D eigenvalue weighted by Gasteiger charge is -2.26. The highest BCUT2D eigenvalue weighted by Crippen LogP contribution is 2.12. The lowest BCUT2D eigenvalue weighted by molar-refractivity contribution is -0.138. The first-order valence-corrected chi connectivity index (χ1v) is 6.39. The second-order valence-corrected chi connectivity index (χ2v) is 4.77. The second kappa shape index (κ2) is 6.49. The molecule has 0 radical (unpaired) electrons. The highest BCUT2D eigenvalue weighted by molar-refractivity contribution is 9.10. The molecule has 98 valence electrons. The van der Waals surface area contributed by atoms with E-state index in [0.717, 1.165) is 0 Å². The molecular formula is C12H15BrN2O3. The summed E-state index contributed by atoms with van der Waals surface area (Å²) in [5.74, 6) is -1.33. The predicted octanol–water partition coefficient (Wildman–Crippen LogP) is 2.17. The molecule has 1 unspecified atom stereocenters. The van der Waals surface area contributed by atoms with Crippen LogP contribution in [0.2, 0.25) is 0 Å². The summed E-state index contributed by atoms with van der Waals surface area (Å²) in [6, 6.07) is 3.15. The first kappa shape index (κ1) is 14.6. The van der Waals surface area contributed by atoms with Gasteiger partial charge in [0.1, 0.15) is 11.1 Å². The number of rotatable bonds is 5. The van der Waals surface area contributed by atoms with Crippen molar-refractivity contribution in [1.82, 2.24) is 9.88 Å². The Balaban J connectivity index is 2.94. The maximum atomic E-state index is 12.2. The minimum absolute atomic E-state index is 0.128. The highest BCUT2D eigenvalue weighted by Gasteiger charge is 2.22. The van der Waals surface area contributed by atoms with Gasteiger partial charge in [-0.3, -0.25) is 9.59 Å². The van der Waals surface area contributed by atoms with E-state index in [0.29, 0.717) is 16.6 Å².